The molecular formula is C14H28N2O2. The molecule has 0 saturated heterocycles. The third-order valence-electron chi connectivity index (χ3n) is 3.43. The topological polar surface area (TPSA) is 61.4 Å². The fraction of sp³-hybridized carbons (Fsp3) is 0.929. The van der Waals surface area contributed by atoms with Crippen molar-refractivity contribution in [2.24, 2.45) is 0 Å². The molecule has 1 rings (SSSR count). The zero-order valence-corrected chi connectivity index (χ0v) is 12.0. The number of rotatable bonds is 4. The maximum atomic E-state index is 11.7. The largest absolute Gasteiger partial charge is 0.388 e. The van der Waals surface area contributed by atoms with Gasteiger partial charge in [-0.05, 0) is 33.6 Å². The van der Waals surface area contributed by atoms with Gasteiger partial charge in [0.15, 0.2) is 0 Å². The first-order valence-corrected chi connectivity index (χ1v) is 7.05. The van der Waals surface area contributed by atoms with Gasteiger partial charge in [-0.2, -0.15) is 0 Å². The minimum absolute atomic E-state index is 0.0393. The van der Waals surface area contributed by atoms with Gasteiger partial charge in [-0.15, -0.1) is 0 Å². The Balaban J connectivity index is 2.28. The molecule has 18 heavy (non-hydrogen) atoms. The molecule has 0 atom stereocenters. The fourth-order valence-corrected chi connectivity index (χ4v) is 2.23. The van der Waals surface area contributed by atoms with Crippen LogP contribution in [0.2, 0.25) is 0 Å². The summed E-state index contributed by atoms with van der Waals surface area (Å²) >= 11 is 0. The van der Waals surface area contributed by atoms with Gasteiger partial charge in [0.25, 0.3) is 0 Å². The lowest BCUT2D eigenvalue weighted by molar-refractivity contribution is -0.122. The molecular weight excluding hydrogens is 228 g/mol. The lowest BCUT2D eigenvalue weighted by Crippen LogP contribution is -2.47. The van der Waals surface area contributed by atoms with Gasteiger partial charge in [0.2, 0.25) is 5.91 Å². The number of carbonyl (C=O) groups excluding carboxylic acids is 1. The molecule has 1 aliphatic carbocycles. The number of hydrogen-bond acceptors (Lipinski definition) is 3. The minimum Gasteiger partial charge on any atom is -0.388 e. The molecule has 1 aliphatic rings. The van der Waals surface area contributed by atoms with E-state index >= 15 is 0 Å². The van der Waals surface area contributed by atoms with Gasteiger partial charge < -0.3 is 15.7 Å². The van der Waals surface area contributed by atoms with Gasteiger partial charge in [-0.3, -0.25) is 4.79 Å². The van der Waals surface area contributed by atoms with E-state index in [1.165, 1.54) is 12.8 Å². The van der Waals surface area contributed by atoms with E-state index in [-0.39, 0.29) is 11.4 Å². The second kappa shape index (κ2) is 6.53. The van der Waals surface area contributed by atoms with Gasteiger partial charge in [-0.25, -0.2) is 0 Å². The lowest BCUT2D eigenvalue weighted by atomic mass is 9.94. The molecule has 4 nitrogen and oxygen atoms in total. The number of amides is 1. The maximum Gasteiger partial charge on any atom is 0.234 e. The van der Waals surface area contributed by atoms with E-state index in [1.54, 1.807) is 0 Å². The van der Waals surface area contributed by atoms with Crippen LogP contribution in [0.4, 0.5) is 0 Å². The van der Waals surface area contributed by atoms with Crippen LogP contribution in [-0.2, 0) is 4.79 Å². The van der Waals surface area contributed by atoms with Crippen molar-refractivity contribution in [3.63, 3.8) is 0 Å². The second-order valence-electron chi connectivity index (χ2n) is 6.52. The highest BCUT2D eigenvalue weighted by Crippen LogP contribution is 2.26. The molecule has 0 bridgehead atoms. The molecule has 0 aliphatic heterocycles. The van der Waals surface area contributed by atoms with Gasteiger partial charge >= 0.3 is 0 Å². The van der Waals surface area contributed by atoms with Crippen molar-refractivity contribution in [1.82, 2.24) is 10.6 Å². The first kappa shape index (κ1) is 15.4. The van der Waals surface area contributed by atoms with Crippen LogP contribution in [0.5, 0.6) is 0 Å². The van der Waals surface area contributed by atoms with Crippen LogP contribution >= 0.6 is 0 Å². The number of nitrogens with one attached hydrogen (secondary N) is 2. The summed E-state index contributed by atoms with van der Waals surface area (Å²) < 4.78 is 0. The molecule has 3 N–H and O–H groups in total. The Morgan fingerprint density at radius 3 is 2.22 bits per heavy atom. The second-order valence-corrected chi connectivity index (χ2v) is 6.52. The standard InChI is InChI=1S/C14H28N2O2/c1-13(2,3)16-10-12(17)15-11-14(18)8-6-4-5-7-9-14/h16,18H,4-11H2,1-3H3,(H,15,17). The fourth-order valence-electron chi connectivity index (χ4n) is 2.23. The number of hydrogen-bond donors (Lipinski definition) is 3. The van der Waals surface area contributed by atoms with E-state index in [2.05, 4.69) is 10.6 Å². The Bertz CT molecular complexity index is 263. The van der Waals surface area contributed by atoms with Gasteiger partial charge in [0, 0.05) is 12.1 Å². The van der Waals surface area contributed by atoms with E-state index in [0.29, 0.717) is 13.1 Å². The summed E-state index contributed by atoms with van der Waals surface area (Å²) in [5.41, 5.74) is -0.746. The van der Waals surface area contributed by atoms with E-state index < -0.39 is 5.60 Å². The zero-order valence-electron chi connectivity index (χ0n) is 12.0. The van der Waals surface area contributed by atoms with Gasteiger partial charge in [-0.1, -0.05) is 25.7 Å². The molecule has 0 spiro atoms. The highest BCUT2D eigenvalue weighted by molar-refractivity contribution is 5.78. The van der Waals surface area contributed by atoms with Crippen molar-refractivity contribution in [1.29, 1.82) is 0 Å². The molecule has 0 aromatic heterocycles. The van der Waals surface area contributed by atoms with Crippen LogP contribution in [-0.4, -0.2) is 35.2 Å². The number of aliphatic hydroxyl groups is 1. The molecule has 0 unspecified atom stereocenters. The molecule has 4 heteroatoms. The molecule has 0 aromatic carbocycles. The third kappa shape index (κ3) is 6.36. The molecule has 0 aromatic rings. The predicted molar refractivity (Wildman–Crippen MR) is 73.4 cm³/mol. The summed E-state index contributed by atoms with van der Waals surface area (Å²) in [5.74, 6) is -0.0393. The summed E-state index contributed by atoms with van der Waals surface area (Å²) in [5, 5.41) is 16.4. The van der Waals surface area contributed by atoms with E-state index in [4.69, 9.17) is 0 Å². The number of carbonyl (C=O) groups is 1. The van der Waals surface area contributed by atoms with Crippen molar-refractivity contribution in [3.8, 4) is 0 Å². The normalized spacial score (nSPS) is 20.2. The van der Waals surface area contributed by atoms with Crippen LogP contribution in [0.15, 0.2) is 0 Å². The Morgan fingerprint density at radius 2 is 1.72 bits per heavy atom. The SMILES string of the molecule is CC(C)(C)NCC(=O)NCC1(O)CCCCCC1. The van der Waals surface area contributed by atoms with Gasteiger partial charge in [0.1, 0.15) is 0 Å². The first-order chi connectivity index (χ1) is 8.31. The third-order valence-corrected chi connectivity index (χ3v) is 3.43. The summed E-state index contributed by atoms with van der Waals surface area (Å²) in [6.45, 7) is 6.77. The average molecular weight is 256 g/mol. The Kier molecular flexibility index (Phi) is 5.60. The van der Waals surface area contributed by atoms with Crippen LogP contribution in [0.25, 0.3) is 0 Å². The van der Waals surface area contributed by atoms with Gasteiger partial charge in [0.05, 0.1) is 12.1 Å². The Hall–Kier alpha value is -0.610. The Labute approximate surface area is 111 Å². The predicted octanol–water partition coefficient (Wildman–Crippen LogP) is 1.58. The summed E-state index contributed by atoms with van der Waals surface area (Å²) in [6, 6.07) is 0. The maximum absolute atomic E-state index is 11.7. The van der Waals surface area contributed by atoms with Crippen LogP contribution in [0.3, 0.4) is 0 Å². The zero-order chi connectivity index (χ0) is 13.6. The van der Waals surface area contributed by atoms with Crippen molar-refractivity contribution in [2.45, 2.75) is 70.4 Å². The van der Waals surface area contributed by atoms with E-state index in [0.717, 1.165) is 25.7 Å². The highest BCUT2D eigenvalue weighted by atomic mass is 16.3. The van der Waals surface area contributed by atoms with Crippen LogP contribution in [0.1, 0.15) is 59.3 Å². The lowest BCUT2D eigenvalue weighted by Gasteiger charge is -2.27. The van der Waals surface area contributed by atoms with Crippen molar-refractivity contribution in [2.75, 3.05) is 13.1 Å². The molecule has 1 fully saturated rings. The summed E-state index contributed by atoms with van der Waals surface area (Å²) in [6.07, 6.45) is 6.13. The molecule has 0 heterocycles. The molecule has 1 saturated carbocycles. The smallest absolute Gasteiger partial charge is 0.234 e. The average Bonchev–Trinajstić information content (AvgIpc) is 2.48. The first-order valence-electron chi connectivity index (χ1n) is 7.05. The van der Waals surface area contributed by atoms with E-state index in [1.807, 2.05) is 20.8 Å². The molecule has 106 valence electrons. The van der Waals surface area contributed by atoms with Crippen molar-refractivity contribution >= 4 is 5.91 Å². The Morgan fingerprint density at radius 1 is 1.17 bits per heavy atom. The van der Waals surface area contributed by atoms with E-state index in [9.17, 15) is 9.90 Å². The van der Waals surface area contributed by atoms with Crippen LogP contribution in [0, 0.1) is 0 Å². The monoisotopic (exact) mass is 256 g/mol. The summed E-state index contributed by atoms with van der Waals surface area (Å²) in [7, 11) is 0. The quantitative estimate of drug-likeness (QED) is 0.669. The van der Waals surface area contributed by atoms with Crippen LogP contribution < -0.4 is 10.6 Å². The minimum atomic E-state index is -0.687. The van der Waals surface area contributed by atoms with Crippen molar-refractivity contribution in [3.05, 3.63) is 0 Å². The van der Waals surface area contributed by atoms with Crippen molar-refractivity contribution < 1.29 is 9.90 Å². The summed E-state index contributed by atoms with van der Waals surface area (Å²) in [4.78, 5) is 11.7. The molecule has 0 radical (unpaired) electrons. The molecule has 1 amide bonds. The highest BCUT2D eigenvalue weighted by Gasteiger charge is 2.28.